The van der Waals surface area contributed by atoms with Crippen LogP contribution in [0, 0.1) is 0 Å². The highest BCUT2D eigenvalue weighted by Gasteiger charge is 2.28. The quantitative estimate of drug-likeness (QED) is 0.507. The van der Waals surface area contributed by atoms with Gasteiger partial charge in [0.15, 0.2) is 0 Å². The molecule has 1 N–H and O–H groups in total. The third kappa shape index (κ3) is 5.20. The van der Waals surface area contributed by atoms with Gasteiger partial charge in [-0.2, -0.15) is 0 Å². The molecule has 2 unspecified atom stereocenters. The number of rotatable bonds is 9. The van der Waals surface area contributed by atoms with Gasteiger partial charge >= 0.3 is 0 Å². The Hall–Kier alpha value is -3.09. The number of fused-ring (bicyclic) bond motifs is 2. The summed E-state index contributed by atoms with van der Waals surface area (Å²) in [4.78, 5) is 18.0. The van der Waals surface area contributed by atoms with E-state index in [4.69, 9.17) is 4.74 Å². The Morgan fingerprint density at radius 3 is 2.75 bits per heavy atom. The van der Waals surface area contributed by atoms with Gasteiger partial charge < -0.3 is 24.4 Å². The van der Waals surface area contributed by atoms with Crippen molar-refractivity contribution < 1.29 is 9.53 Å². The standard InChI is InChI=1S/C30H40N4O2/c1-6-11-28-26(18-21-36-5)31-25(29-16-10-19-34(28)29)17-20-33(7-2)30(35)24-14-8-13-23-22(24)12-9-15-27(23)32(3)4/h8-14,16,18-19,25,27,31H,6-7,15,17,20-21H2,1-5H3/b26-18+,28-11+. The van der Waals surface area contributed by atoms with Crippen LogP contribution in [-0.2, 0) is 4.74 Å². The summed E-state index contributed by atoms with van der Waals surface area (Å²) in [6.07, 6.45) is 13.5. The summed E-state index contributed by atoms with van der Waals surface area (Å²) < 4.78 is 7.59. The molecule has 0 saturated heterocycles. The maximum Gasteiger partial charge on any atom is 0.254 e. The van der Waals surface area contributed by atoms with Crippen LogP contribution in [0.15, 0.2) is 60.5 Å². The maximum absolute atomic E-state index is 13.8. The van der Waals surface area contributed by atoms with Gasteiger partial charge in [0, 0.05) is 43.7 Å². The van der Waals surface area contributed by atoms with Crippen molar-refractivity contribution in [2.75, 3.05) is 40.9 Å². The van der Waals surface area contributed by atoms with E-state index in [2.05, 4.69) is 91.4 Å². The second kappa shape index (κ2) is 11.8. The first-order chi connectivity index (χ1) is 17.5. The van der Waals surface area contributed by atoms with Crippen LogP contribution in [0.4, 0.5) is 0 Å². The molecule has 2 aromatic rings. The lowest BCUT2D eigenvalue weighted by Gasteiger charge is -2.33. The summed E-state index contributed by atoms with van der Waals surface area (Å²) in [5.41, 5.74) is 6.56. The number of aromatic nitrogens is 1. The molecule has 2 aliphatic rings. The van der Waals surface area contributed by atoms with Crippen molar-refractivity contribution in [1.29, 1.82) is 0 Å². The lowest BCUT2D eigenvalue weighted by molar-refractivity contribution is 0.0757. The molecule has 1 aromatic heterocycles. The Kier molecular flexibility index (Phi) is 8.49. The number of benzene rings is 1. The van der Waals surface area contributed by atoms with Crippen LogP contribution in [0.25, 0.3) is 11.8 Å². The summed E-state index contributed by atoms with van der Waals surface area (Å²) in [6.45, 7) is 6.11. The topological polar surface area (TPSA) is 49.7 Å². The molecule has 0 fully saturated rings. The Morgan fingerprint density at radius 2 is 2.03 bits per heavy atom. The summed E-state index contributed by atoms with van der Waals surface area (Å²) in [5.74, 6) is 0.103. The Morgan fingerprint density at radius 1 is 1.19 bits per heavy atom. The fourth-order valence-corrected chi connectivity index (χ4v) is 5.35. The second-order valence-electron chi connectivity index (χ2n) is 9.67. The highest BCUT2D eigenvalue weighted by molar-refractivity contribution is 5.98. The maximum atomic E-state index is 13.8. The molecule has 6 nitrogen and oxygen atoms in total. The molecule has 0 radical (unpaired) electrons. The van der Waals surface area contributed by atoms with Gasteiger partial charge in [0.1, 0.15) is 0 Å². The molecule has 1 aliphatic heterocycles. The first kappa shape index (κ1) is 26.0. The van der Waals surface area contributed by atoms with E-state index in [9.17, 15) is 4.79 Å². The third-order valence-electron chi connectivity index (χ3n) is 7.21. The van der Waals surface area contributed by atoms with E-state index >= 15 is 0 Å². The van der Waals surface area contributed by atoms with E-state index < -0.39 is 0 Å². The van der Waals surface area contributed by atoms with E-state index in [0.717, 1.165) is 41.8 Å². The summed E-state index contributed by atoms with van der Waals surface area (Å²) in [6, 6.07) is 10.8. The number of carbonyl (C=O) groups is 1. The molecule has 2 atom stereocenters. The van der Waals surface area contributed by atoms with Crippen molar-refractivity contribution >= 4 is 17.7 Å². The van der Waals surface area contributed by atoms with Crippen LogP contribution in [0.5, 0.6) is 0 Å². The molecule has 0 bridgehead atoms. The van der Waals surface area contributed by atoms with Gasteiger partial charge in [-0.05, 0) is 75.7 Å². The van der Waals surface area contributed by atoms with Crippen LogP contribution in [0.3, 0.4) is 0 Å². The van der Waals surface area contributed by atoms with Crippen molar-refractivity contribution in [3.05, 3.63) is 82.8 Å². The van der Waals surface area contributed by atoms with Crippen molar-refractivity contribution in [1.82, 2.24) is 19.7 Å². The third-order valence-corrected chi connectivity index (χ3v) is 7.21. The number of hydrogen-bond donors (Lipinski definition) is 1. The predicted molar refractivity (Wildman–Crippen MR) is 148 cm³/mol. The molecule has 1 aromatic carbocycles. The van der Waals surface area contributed by atoms with E-state index in [0.29, 0.717) is 25.7 Å². The summed E-state index contributed by atoms with van der Waals surface area (Å²) in [5, 5.41) is 3.73. The molecule has 2 heterocycles. The van der Waals surface area contributed by atoms with Crippen molar-refractivity contribution in [3.63, 3.8) is 0 Å². The summed E-state index contributed by atoms with van der Waals surface area (Å²) >= 11 is 0. The molecule has 1 aliphatic carbocycles. The van der Waals surface area contributed by atoms with Crippen molar-refractivity contribution in [2.45, 2.75) is 45.2 Å². The average molecular weight is 489 g/mol. The smallest absolute Gasteiger partial charge is 0.254 e. The van der Waals surface area contributed by atoms with E-state index in [1.165, 1.54) is 11.3 Å². The number of nitrogens with zero attached hydrogens (tertiary/aromatic N) is 3. The van der Waals surface area contributed by atoms with Crippen LogP contribution in [0.1, 0.15) is 72.4 Å². The van der Waals surface area contributed by atoms with Crippen LogP contribution in [-0.4, -0.2) is 61.2 Å². The van der Waals surface area contributed by atoms with Crippen LogP contribution >= 0.6 is 0 Å². The fourth-order valence-electron chi connectivity index (χ4n) is 5.35. The average Bonchev–Trinajstić information content (AvgIpc) is 3.38. The molecule has 4 rings (SSSR count). The molecule has 6 heteroatoms. The largest absolute Gasteiger partial charge is 0.381 e. The molecular weight excluding hydrogens is 448 g/mol. The SMILES string of the molecule is CC/C=C1\C(=C/COC)NC(CCN(CC)C(=O)c2cccc3c2C=CCC3N(C)C)c2cccn21. The lowest BCUT2D eigenvalue weighted by atomic mass is 9.88. The normalized spacial score (nSPS) is 20.9. The lowest BCUT2D eigenvalue weighted by Crippen LogP contribution is -2.37. The Bertz CT molecular complexity index is 1160. The minimum Gasteiger partial charge on any atom is -0.381 e. The minimum absolute atomic E-state index is 0.103. The first-order valence-corrected chi connectivity index (χ1v) is 13.1. The molecule has 192 valence electrons. The van der Waals surface area contributed by atoms with Crippen LogP contribution in [0.2, 0.25) is 0 Å². The molecular formula is C30H40N4O2. The van der Waals surface area contributed by atoms with Crippen LogP contribution < -0.4 is 5.32 Å². The van der Waals surface area contributed by atoms with Gasteiger partial charge in [0.2, 0.25) is 0 Å². The van der Waals surface area contributed by atoms with Gasteiger partial charge in [-0.1, -0.05) is 37.3 Å². The van der Waals surface area contributed by atoms with E-state index in [-0.39, 0.29) is 11.9 Å². The number of hydrogen-bond acceptors (Lipinski definition) is 4. The highest BCUT2D eigenvalue weighted by Crippen LogP contribution is 2.34. The fraction of sp³-hybridized carbons (Fsp3) is 0.433. The molecule has 0 saturated carbocycles. The molecule has 36 heavy (non-hydrogen) atoms. The van der Waals surface area contributed by atoms with Gasteiger partial charge in [0.05, 0.1) is 24.0 Å². The van der Waals surface area contributed by atoms with Crippen molar-refractivity contribution in [3.8, 4) is 0 Å². The Balaban J connectivity index is 1.56. The van der Waals surface area contributed by atoms with Gasteiger partial charge in [0.25, 0.3) is 5.91 Å². The van der Waals surface area contributed by atoms with Gasteiger partial charge in [-0.25, -0.2) is 0 Å². The zero-order valence-electron chi connectivity index (χ0n) is 22.3. The monoisotopic (exact) mass is 488 g/mol. The van der Waals surface area contributed by atoms with E-state index in [1.54, 1.807) is 7.11 Å². The second-order valence-corrected chi connectivity index (χ2v) is 9.67. The molecule has 0 spiro atoms. The Labute approximate surface area is 215 Å². The number of allylic oxidation sites excluding steroid dienone is 2. The number of methoxy groups -OCH3 is 1. The number of carbonyl (C=O) groups excluding carboxylic acids is 1. The summed E-state index contributed by atoms with van der Waals surface area (Å²) in [7, 11) is 5.92. The highest BCUT2D eigenvalue weighted by atomic mass is 16.5. The van der Waals surface area contributed by atoms with Gasteiger partial charge in [-0.3, -0.25) is 4.79 Å². The first-order valence-electron chi connectivity index (χ1n) is 13.1. The van der Waals surface area contributed by atoms with Crippen molar-refractivity contribution in [2.24, 2.45) is 0 Å². The number of ether oxygens (including phenoxy) is 1. The predicted octanol–water partition coefficient (Wildman–Crippen LogP) is 5.49. The molecule has 1 amide bonds. The zero-order chi connectivity index (χ0) is 25.7. The minimum atomic E-state index is 0.103. The van der Waals surface area contributed by atoms with Gasteiger partial charge in [-0.15, -0.1) is 0 Å². The van der Waals surface area contributed by atoms with E-state index in [1.807, 2.05) is 17.0 Å². The number of nitrogens with one attached hydrogen (secondary N) is 1. The number of amides is 1. The zero-order valence-corrected chi connectivity index (χ0v) is 22.3.